The topological polar surface area (TPSA) is 130 Å². The minimum absolute atomic E-state index is 0.00564. The van der Waals surface area contributed by atoms with E-state index >= 15 is 0 Å². The van der Waals surface area contributed by atoms with Gasteiger partial charge in [-0.15, -0.1) is 0 Å². The Labute approximate surface area is 359 Å². The average molecular weight is 868 g/mol. The van der Waals surface area contributed by atoms with Gasteiger partial charge in [-0.2, -0.15) is 0 Å². The summed E-state index contributed by atoms with van der Waals surface area (Å²) < 4.78 is 29.1. The molecule has 0 aliphatic carbocycles. The SMILES string of the molecule is CC(C)(C)[Si](C)(C)OC[C@H]1O[C@@H](n2cnc3c(NC(=O)c4ccccc4CO[Si](c4ccccc4)(c4ccccc4)C(C)(C)C)ncnc32)[C@H](O)[C@@H]1O[Si](C)(C)C(C)(C)C. The standard InChI is InChI=1S/C46H65N5O6Si3/c1-44(2,3)58(10,11)54-29-36-39(57-59(12,13)45(4,5)6)38(52)43(56-36)51-31-49-37-40(47-30-48-41(37)51)50-42(53)35-27-21-20-22-32(35)28-55-60(46(7,8)9,33-23-16-14-17-24-33)34-25-18-15-19-26-34/h14-27,30-31,36,38-39,43,52H,28-29H2,1-13H3,(H,47,48,50,53)/t36-,38-,39-,43-/m1/s1. The van der Waals surface area contributed by atoms with Gasteiger partial charge in [-0.1, -0.05) is 141 Å². The van der Waals surface area contributed by atoms with E-state index in [4.69, 9.17) is 18.0 Å². The van der Waals surface area contributed by atoms with E-state index in [2.05, 4.69) is 157 Å². The van der Waals surface area contributed by atoms with Crippen molar-refractivity contribution in [3.05, 3.63) is 109 Å². The predicted molar refractivity (Wildman–Crippen MR) is 247 cm³/mol. The zero-order valence-electron chi connectivity index (χ0n) is 37.7. The van der Waals surface area contributed by atoms with Gasteiger partial charge in [-0.25, -0.2) is 15.0 Å². The van der Waals surface area contributed by atoms with Crippen molar-refractivity contribution in [1.82, 2.24) is 19.5 Å². The summed E-state index contributed by atoms with van der Waals surface area (Å²) in [5, 5.41) is 17.0. The predicted octanol–water partition coefficient (Wildman–Crippen LogP) is 8.83. The molecule has 60 heavy (non-hydrogen) atoms. The molecule has 0 radical (unpaired) electrons. The highest BCUT2D eigenvalue weighted by Gasteiger charge is 2.52. The third-order valence-electron chi connectivity index (χ3n) is 12.9. The van der Waals surface area contributed by atoms with Crippen molar-refractivity contribution >= 4 is 58.2 Å². The van der Waals surface area contributed by atoms with Crippen molar-refractivity contribution in [3.8, 4) is 0 Å². The Balaban J connectivity index is 1.28. The van der Waals surface area contributed by atoms with Crippen molar-refractivity contribution in [1.29, 1.82) is 0 Å². The molecule has 3 heterocycles. The van der Waals surface area contributed by atoms with Gasteiger partial charge in [0.1, 0.15) is 24.6 Å². The number of hydrogen-bond donors (Lipinski definition) is 2. The summed E-state index contributed by atoms with van der Waals surface area (Å²) in [6.45, 7) is 29.1. The highest BCUT2D eigenvalue weighted by molar-refractivity contribution is 6.99. The Morgan fingerprint density at radius 1 is 0.750 bits per heavy atom. The number of carbonyl (C=O) groups is 1. The van der Waals surface area contributed by atoms with Crippen molar-refractivity contribution in [2.24, 2.45) is 0 Å². The van der Waals surface area contributed by atoms with E-state index in [9.17, 15) is 9.90 Å². The second-order valence-electron chi connectivity index (χ2n) is 20.1. The van der Waals surface area contributed by atoms with Crippen LogP contribution in [0.2, 0.25) is 41.3 Å². The third kappa shape index (κ3) is 9.02. The number of benzene rings is 3. The van der Waals surface area contributed by atoms with Gasteiger partial charge in [0.15, 0.2) is 39.8 Å². The molecule has 1 fully saturated rings. The van der Waals surface area contributed by atoms with Gasteiger partial charge >= 0.3 is 0 Å². The van der Waals surface area contributed by atoms with Crippen LogP contribution in [-0.2, 0) is 24.6 Å². The lowest BCUT2D eigenvalue weighted by molar-refractivity contribution is -0.0487. The van der Waals surface area contributed by atoms with Crippen LogP contribution < -0.4 is 15.7 Å². The third-order valence-corrected chi connectivity index (χ3v) is 26.9. The number of amides is 1. The molecule has 11 nitrogen and oxygen atoms in total. The molecule has 2 N–H and O–H groups in total. The van der Waals surface area contributed by atoms with Crippen LogP contribution in [0.3, 0.4) is 0 Å². The van der Waals surface area contributed by atoms with Crippen molar-refractivity contribution < 1.29 is 27.9 Å². The molecule has 14 heteroatoms. The van der Waals surface area contributed by atoms with E-state index in [1.807, 2.05) is 30.3 Å². The number of imidazole rings is 1. The number of nitrogens with one attached hydrogen (secondary N) is 1. The Morgan fingerprint density at radius 3 is 1.88 bits per heavy atom. The lowest BCUT2D eigenvalue weighted by atomic mass is 10.1. The minimum atomic E-state index is -2.88. The molecule has 2 aromatic heterocycles. The van der Waals surface area contributed by atoms with Crippen LogP contribution in [0, 0.1) is 0 Å². The average Bonchev–Trinajstić information content (AvgIpc) is 3.74. The monoisotopic (exact) mass is 867 g/mol. The van der Waals surface area contributed by atoms with Gasteiger partial charge < -0.3 is 28.4 Å². The molecule has 0 bridgehead atoms. The first-order valence-electron chi connectivity index (χ1n) is 21.0. The smallest absolute Gasteiger partial charge is 0.261 e. The molecule has 1 saturated heterocycles. The molecule has 322 valence electrons. The summed E-state index contributed by atoms with van der Waals surface area (Å²) in [5.74, 6) is -0.111. The van der Waals surface area contributed by atoms with Crippen LogP contribution >= 0.6 is 0 Å². The Kier molecular flexibility index (Phi) is 13.0. The van der Waals surface area contributed by atoms with E-state index in [0.717, 1.165) is 15.9 Å². The highest BCUT2D eigenvalue weighted by Crippen LogP contribution is 2.43. The first kappa shape index (κ1) is 45.7. The summed E-state index contributed by atoms with van der Waals surface area (Å²) in [7, 11) is -7.38. The maximum Gasteiger partial charge on any atom is 0.261 e. The molecule has 0 saturated carbocycles. The van der Waals surface area contributed by atoms with Crippen LogP contribution in [0.15, 0.2) is 97.6 Å². The Hall–Kier alpha value is -3.87. The maximum atomic E-state index is 14.2. The quantitative estimate of drug-likeness (QED) is 0.112. The molecule has 3 aromatic carbocycles. The zero-order chi connectivity index (χ0) is 43.9. The Bertz CT molecular complexity index is 2210. The van der Waals surface area contributed by atoms with Gasteiger partial charge in [0.25, 0.3) is 14.2 Å². The number of aliphatic hydroxyl groups excluding tert-OH is 1. The fourth-order valence-corrected chi connectivity index (χ4v) is 14.2. The number of rotatable bonds is 13. The van der Waals surface area contributed by atoms with E-state index < -0.39 is 49.5 Å². The van der Waals surface area contributed by atoms with Gasteiger partial charge in [-0.3, -0.25) is 9.36 Å². The van der Waals surface area contributed by atoms with Crippen molar-refractivity contribution in [2.75, 3.05) is 11.9 Å². The number of aromatic nitrogens is 4. The number of fused-ring (bicyclic) bond motifs is 1. The number of nitrogens with zero attached hydrogens (tertiary/aromatic N) is 4. The van der Waals surface area contributed by atoms with E-state index in [1.165, 1.54) is 6.33 Å². The normalized spacial score (nSPS) is 19.5. The van der Waals surface area contributed by atoms with Crippen molar-refractivity contribution in [2.45, 2.75) is 135 Å². The summed E-state index contributed by atoms with van der Waals surface area (Å²) in [5.41, 5.74) is 1.99. The van der Waals surface area contributed by atoms with Crippen LogP contribution in [0.1, 0.15) is 84.5 Å². The number of anilines is 1. The molecular formula is C46H65N5O6Si3. The number of aliphatic hydroxyl groups is 1. The molecule has 4 atom stereocenters. The van der Waals surface area contributed by atoms with Gasteiger partial charge in [0.05, 0.1) is 19.5 Å². The second-order valence-corrected chi connectivity index (χ2v) is 34.0. The summed E-state index contributed by atoms with van der Waals surface area (Å²) in [4.78, 5) is 27.9. The molecule has 0 spiro atoms. The molecule has 0 unspecified atom stereocenters. The highest BCUT2D eigenvalue weighted by atomic mass is 28.4. The molecule has 1 aliphatic rings. The first-order valence-corrected chi connectivity index (χ1v) is 28.7. The fraction of sp³-hybridized carbons (Fsp3) is 0.478. The van der Waals surface area contributed by atoms with Gasteiger partial charge in [0, 0.05) is 5.56 Å². The first-order chi connectivity index (χ1) is 28.0. The fourth-order valence-electron chi connectivity index (χ4n) is 7.37. The molecule has 1 amide bonds. The Morgan fingerprint density at radius 2 is 1.32 bits per heavy atom. The summed E-state index contributed by atoms with van der Waals surface area (Å²) in [6.07, 6.45) is -0.113. The molecule has 6 rings (SSSR count). The summed E-state index contributed by atoms with van der Waals surface area (Å²) in [6, 6.07) is 28.4. The van der Waals surface area contributed by atoms with Crippen LogP contribution in [0.5, 0.6) is 0 Å². The number of ether oxygens (including phenoxy) is 1. The lowest BCUT2D eigenvalue weighted by Gasteiger charge is -2.43. The summed E-state index contributed by atoms with van der Waals surface area (Å²) >= 11 is 0. The number of hydrogen-bond acceptors (Lipinski definition) is 9. The van der Waals surface area contributed by atoms with Crippen molar-refractivity contribution in [3.63, 3.8) is 0 Å². The molecular weight excluding hydrogens is 803 g/mol. The van der Waals surface area contributed by atoms with Crippen LogP contribution in [-0.4, -0.2) is 80.4 Å². The van der Waals surface area contributed by atoms with E-state index in [-0.39, 0.29) is 40.1 Å². The van der Waals surface area contributed by atoms with E-state index in [1.54, 1.807) is 17.0 Å². The van der Waals surface area contributed by atoms with Gasteiger partial charge in [0.2, 0.25) is 0 Å². The van der Waals surface area contributed by atoms with Crippen LogP contribution in [0.25, 0.3) is 11.2 Å². The zero-order valence-corrected chi connectivity index (χ0v) is 40.7. The minimum Gasteiger partial charge on any atom is -0.414 e. The lowest BCUT2D eigenvalue weighted by Crippen LogP contribution is -2.66. The largest absolute Gasteiger partial charge is 0.414 e. The molecule has 5 aromatic rings. The van der Waals surface area contributed by atoms with E-state index in [0.29, 0.717) is 16.7 Å². The van der Waals surface area contributed by atoms with Crippen LogP contribution in [0.4, 0.5) is 5.82 Å². The second kappa shape index (κ2) is 17.1. The van der Waals surface area contributed by atoms with Gasteiger partial charge in [-0.05, 0) is 63.3 Å². The molecule has 1 aliphatic heterocycles. The number of carbonyl (C=O) groups excluding carboxylic acids is 1. The maximum absolute atomic E-state index is 14.2.